The Hall–Kier alpha value is -3.36. The number of sulfonamides is 1. The summed E-state index contributed by atoms with van der Waals surface area (Å²) in [6.07, 6.45) is 0. The lowest BCUT2D eigenvalue weighted by atomic mass is 10.2. The topological polar surface area (TPSA) is 93.2 Å². The van der Waals surface area contributed by atoms with Crippen molar-refractivity contribution < 1.29 is 13.2 Å². The van der Waals surface area contributed by atoms with Crippen LogP contribution in [0.25, 0.3) is 11.0 Å². The molecule has 2 N–H and O–H groups in total. The highest BCUT2D eigenvalue weighted by Gasteiger charge is 2.20. The average molecular weight is 469 g/mol. The molecule has 0 saturated heterocycles. The van der Waals surface area contributed by atoms with E-state index in [4.69, 9.17) is 16.3 Å². The lowest BCUT2D eigenvalue weighted by Crippen LogP contribution is -2.16. The maximum atomic E-state index is 13.0. The number of rotatable bonds is 6. The zero-order chi connectivity index (χ0) is 22.9. The number of halogens is 1. The van der Waals surface area contributed by atoms with Gasteiger partial charge in [-0.25, -0.2) is 18.4 Å². The number of hydrogen-bond acceptors (Lipinski definition) is 6. The molecule has 0 bridgehead atoms. The Morgan fingerprint density at radius 3 is 2.16 bits per heavy atom. The zero-order valence-corrected chi connectivity index (χ0v) is 19.3. The largest absolute Gasteiger partial charge is 0.495 e. The van der Waals surface area contributed by atoms with Crippen LogP contribution in [-0.2, 0) is 10.0 Å². The van der Waals surface area contributed by atoms with Gasteiger partial charge in [-0.05, 0) is 49.7 Å². The molecule has 0 fully saturated rings. The minimum atomic E-state index is -3.89. The van der Waals surface area contributed by atoms with Crippen molar-refractivity contribution in [3.63, 3.8) is 0 Å². The van der Waals surface area contributed by atoms with Crippen molar-refractivity contribution in [2.45, 2.75) is 18.7 Å². The van der Waals surface area contributed by atoms with Gasteiger partial charge in [-0.15, -0.1) is 0 Å². The molecular weight excluding hydrogens is 448 g/mol. The fourth-order valence-electron chi connectivity index (χ4n) is 3.12. The van der Waals surface area contributed by atoms with Gasteiger partial charge in [0.25, 0.3) is 10.0 Å². The molecule has 4 aromatic rings. The van der Waals surface area contributed by atoms with Crippen molar-refractivity contribution in [3.8, 4) is 5.75 Å². The minimum absolute atomic E-state index is 0.0685. The van der Waals surface area contributed by atoms with E-state index in [-0.39, 0.29) is 16.5 Å². The molecular formula is C23H21ClN4O3S. The van der Waals surface area contributed by atoms with Crippen LogP contribution in [0, 0.1) is 13.8 Å². The van der Waals surface area contributed by atoms with Gasteiger partial charge in [0.05, 0.1) is 28.7 Å². The van der Waals surface area contributed by atoms with Crippen LogP contribution >= 0.6 is 11.6 Å². The summed E-state index contributed by atoms with van der Waals surface area (Å²) < 4.78 is 34.0. The van der Waals surface area contributed by atoms with E-state index >= 15 is 0 Å². The van der Waals surface area contributed by atoms with Crippen LogP contribution < -0.4 is 14.8 Å². The second kappa shape index (κ2) is 8.64. The van der Waals surface area contributed by atoms with E-state index in [0.29, 0.717) is 27.5 Å². The molecule has 1 heterocycles. The molecule has 1 aromatic heterocycles. The normalized spacial score (nSPS) is 11.4. The lowest BCUT2D eigenvalue weighted by molar-refractivity contribution is 0.416. The Balaban J connectivity index is 1.81. The van der Waals surface area contributed by atoms with Crippen LogP contribution in [0.4, 0.5) is 17.3 Å². The van der Waals surface area contributed by atoms with Crippen molar-refractivity contribution in [3.05, 3.63) is 76.8 Å². The first-order valence-electron chi connectivity index (χ1n) is 9.74. The van der Waals surface area contributed by atoms with E-state index in [0.717, 1.165) is 11.1 Å². The van der Waals surface area contributed by atoms with Crippen molar-refractivity contribution in [2.24, 2.45) is 0 Å². The van der Waals surface area contributed by atoms with Gasteiger partial charge in [0.1, 0.15) is 5.75 Å². The molecule has 0 aliphatic carbocycles. The van der Waals surface area contributed by atoms with E-state index in [1.165, 1.54) is 7.11 Å². The second-order valence-corrected chi connectivity index (χ2v) is 9.34. The Bertz CT molecular complexity index is 1410. The molecule has 9 heteroatoms. The Kier molecular flexibility index (Phi) is 5.90. The number of nitrogens with zero attached hydrogens (tertiary/aromatic N) is 2. The first-order valence-corrected chi connectivity index (χ1v) is 11.6. The Labute approximate surface area is 191 Å². The third kappa shape index (κ3) is 4.46. The van der Waals surface area contributed by atoms with Gasteiger partial charge in [0.2, 0.25) is 0 Å². The number of hydrogen-bond donors (Lipinski definition) is 2. The summed E-state index contributed by atoms with van der Waals surface area (Å²) in [6.45, 7) is 3.75. The quantitative estimate of drug-likeness (QED) is 0.390. The predicted octanol–water partition coefficient (Wildman–Crippen LogP) is 5.45. The maximum absolute atomic E-state index is 13.0. The van der Waals surface area contributed by atoms with E-state index in [2.05, 4.69) is 20.0 Å². The molecule has 0 radical (unpaired) electrons. The minimum Gasteiger partial charge on any atom is -0.495 e. The number of aryl methyl sites for hydroxylation is 2. The number of nitrogens with one attached hydrogen (secondary N) is 2. The summed E-state index contributed by atoms with van der Waals surface area (Å²) in [7, 11) is -2.36. The molecule has 7 nitrogen and oxygen atoms in total. The highest BCUT2D eigenvalue weighted by molar-refractivity contribution is 7.92. The van der Waals surface area contributed by atoms with E-state index in [9.17, 15) is 8.42 Å². The number of methoxy groups -OCH3 is 1. The summed E-state index contributed by atoms with van der Waals surface area (Å²) >= 11 is 6.22. The molecule has 164 valence electrons. The summed E-state index contributed by atoms with van der Waals surface area (Å²) in [5, 5.41) is 3.70. The van der Waals surface area contributed by atoms with Crippen LogP contribution in [0.15, 0.2) is 65.6 Å². The number of fused-ring (bicyclic) bond motifs is 1. The highest BCUT2D eigenvalue weighted by atomic mass is 35.5. The van der Waals surface area contributed by atoms with Gasteiger partial charge < -0.3 is 10.1 Å². The monoisotopic (exact) mass is 468 g/mol. The summed E-state index contributed by atoms with van der Waals surface area (Å²) in [4.78, 5) is 9.24. The second-order valence-electron chi connectivity index (χ2n) is 7.25. The van der Waals surface area contributed by atoms with Crippen LogP contribution in [0.3, 0.4) is 0 Å². The van der Waals surface area contributed by atoms with Gasteiger partial charge in [0, 0.05) is 11.1 Å². The number of ether oxygens (including phenoxy) is 1. The molecule has 0 atom stereocenters. The molecule has 0 amide bonds. The molecule has 0 aliphatic rings. The fraction of sp³-hybridized carbons (Fsp3) is 0.130. The van der Waals surface area contributed by atoms with Gasteiger partial charge in [-0.1, -0.05) is 41.4 Å². The van der Waals surface area contributed by atoms with Crippen LogP contribution in [-0.4, -0.2) is 25.5 Å². The van der Waals surface area contributed by atoms with Crippen LogP contribution in [0.2, 0.25) is 5.02 Å². The fourth-order valence-corrected chi connectivity index (χ4v) is 4.28. The highest BCUT2D eigenvalue weighted by Crippen LogP contribution is 2.35. The molecule has 0 saturated carbocycles. The number of aromatic nitrogens is 2. The van der Waals surface area contributed by atoms with Crippen molar-refractivity contribution in [1.82, 2.24) is 9.97 Å². The Morgan fingerprint density at radius 2 is 1.53 bits per heavy atom. The molecule has 32 heavy (non-hydrogen) atoms. The molecule has 0 aliphatic heterocycles. The average Bonchev–Trinajstić information content (AvgIpc) is 2.76. The standard InChI is InChI=1S/C23H21ClN4O3S/c1-14-8-10-16(11-9-14)32(29,30)28-23-22(25-18-6-4-5-7-19(18)26-23)27-20-12-15(2)17(24)13-21(20)31-3/h4-13H,1-3H3,(H,25,27)(H,26,28). The van der Waals surface area contributed by atoms with Crippen LogP contribution in [0.1, 0.15) is 11.1 Å². The van der Waals surface area contributed by atoms with Gasteiger partial charge in [0.15, 0.2) is 11.6 Å². The maximum Gasteiger partial charge on any atom is 0.263 e. The third-order valence-electron chi connectivity index (χ3n) is 4.87. The summed E-state index contributed by atoms with van der Waals surface area (Å²) in [6, 6.07) is 17.3. The third-order valence-corrected chi connectivity index (χ3v) is 6.63. The van der Waals surface area contributed by atoms with Gasteiger partial charge >= 0.3 is 0 Å². The number of benzene rings is 3. The first kappa shape index (κ1) is 21.9. The first-order chi connectivity index (χ1) is 15.3. The lowest BCUT2D eigenvalue weighted by Gasteiger charge is -2.16. The van der Waals surface area contributed by atoms with Crippen molar-refractivity contribution in [2.75, 3.05) is 17.1 Å². The van der Waals surface area contributed by atoms with Gasteiger partial charge in [-0.3, -0.25) is 4.72 Å². The molecule has 4 rings (SSSR count). The summed E-state index contributed by atoms with van der Waals surface area (Å²) in [5.74, 6) is 0.793. The van der Waals surface area contributed by atoms with Crippen LogP contribution in [0.5, 0.6) is 5.75 Å². The SMILES string of the molecule is COc1cc(Cl)c(C)cc1Nc1nc2ccccc2nc1NS(=O)(=O)c1ccc(C)cc1. The summed E-state index contributed by atoms with van der Waals surface area (Å²) in [5.41, 5.74) is 3.53. The number of anilines is 3. The van der Waals surface area contributed by atoms with Gasteiger partial charge in [-0.2, -0.15) is 0 Å². The Morgan fingerprint density at radius 1 is 0.906 bits per heavy atom. The predicted molar refractivity (Wildman–Crippen MR) is 128 cm³/mol. The van der Waals surface area contributed by atoms with E-state index in [1.54, 1.807) is 48.5 Å². The molecule has 3 aromatic carbocycles. The van der Waals surface area contributed by atoms with E-state index < -0.39 is 10.0 Å². The molecule has 0 unspecified atom stereocenters. The van der Waals surface area contributed by atoms with Crippen molar-refractivity contribution in [1.29, 1.82) is 0 Å². The zero-order valence-electron chi connectivity index (χ0n) is 17.7. The molecule has 0 spiro atoms. The van der Waals surface area contributed by atoms with Crippen molar-refractivity contribution >= 4 is 50.0 Å². The van der Waals surface area contributed by atoms with E-state index in [1.807, 2.05) is 26.0 Å². The number of para-hydroxylation sites is 2. The smallest absolute Gasteiger partial charge is 0.263 e.